The topological polar surface area (TPSA) is 86.8 Å². The van der Waals surface area contributed by atoms with Gasteiger partial charge in [-0.1, -0.05) is 36.7 Å². The van der Waals surface area contributed by atoms with E-state index in [2.05, 4.69) is 5.32 Å². The Kier molecular flexibility index (Phi) is 9.25. The molecule has 0 bridgehead atoms. The van der Waals surface area contributed by atoms with Crippen molar-refractivity contribution in [1.29, 1.82) is 0 Å². The van der Waals surface area contributed by atoms with Crippen LogP contribution in [0.4, 0.5) is 10.1 Å². The van der Waals surface area contributed by atoms with Crippen LogP contribution in [0.1, 0.15) is 31.4 Å². The lowest BCUT2D eigenvalue weighted by atomic mass is 10.1. The van der Waals surface area contributed by atoms with Crippen molar-refractivity contribution >= 4 is 39.1 Å². The van der Waals surface area contributed by atoms with Gasteiger partial charge in [0.15, 0.2) is 0 Å². The van der Waals surface area contributed by atoms with Crippen LogP contribution in [-0.2, 0) is 26.2 Å². The molecule has 180 valence electrons. The molecule has 0 aromatic heterocycles. The molecule has 0 radical (unpaired) electrons. The van der Waals surface area contributed by atoms with E-state index in [-0.39, 0.29) is 18.1 Å². The minimum absolute atomic E-state index is 0.0149. The maximum absolute atomic E-state index is 13.4. The molecule has 2 aromatic rings. The second kappa shape index (κ2) is 11.5. The van der Waals surface area contributed by atoms with Crippen molar-refractivity contribution in [2.45, 2.75) is 39.8 Å². The van der Waals surface area contributed by atoms with Crippen molar-refractivity contribution in [3.05, 3.63) is 64.4 Å². The molecule has 0 saturated carbocycles. The second-order valence-corrected chi connectivity index (χ2v) is 9.98. The minimum Gasteiger partial charge on any atom is -0.355 e. The first-order valence-corrected chi connectivity index (χ1v) is 12.8. The number of carbonyl (C=O) groups excluding carboxylic acids is 2. The number of nitrogens with zero attached hydrogens (tertiary/aromatic N) is 2. The van der Waals surface area contributed by atoms with Crippen molar-refractivity contribution in [3.8, 4) is 0 Å². The number of likely N-dealkylation sites (N-methyl/N-ethyl adjacent to an activating group) is 1. The zero-order valence-corrected chi connectivity index (χ0v) is 20.7. The van der Waals surface area contributed by atoms with Gasteiger partial charge in [0, 0.05) is 18.1 Å². The third-order valence-electron chi connectivity index (χ3n) is 5.13. The second-order valence-electron chi connectivity index (χ2n) is 7.67. The van der Waals surface area contributed by atoms with Crippen LogP contribution in [0.15, 0.2) is 42.5 Å². The molecule has 0 fully saturated rings. The summed E-state index contributed by atoms with van der Waals surface area (Å²) in [7, 11) is -3.84. The highest BCUT2D eigenvalue weighted by Crippen LogP contribution is 2.25. The van der Waals surface area contributed by atoms with Gasteiger partial charge >= 0.3 is 0 Å². The van der Waals surface area contributed by atoms with Gasteiger partial charge in [-0.25, -0.2) is 12.8 Å². The van der Waals surface area contributed by atoms with Crippen molar-refractivity contribution < 1.29 is 22.4 Å². The fourth-order valence-corrected chi connectivity index (χ4v) is 4.36. The highest BCUT2D eigenvalue weighted by atomic mass is 35.5. The number of hydrogen-bond acceptors (Lipinski definition) is 4. The van der Waals surface area contributed by atoms with Gasteiger partial charge in [-0.2, -0.15) is 0 Å². The first-order chi connectivity index (χ1) is 15.5. The van der Waals surface area contributed by atoms with Gasteiger partial charge in [-0.3, -0.25) is 13.9 Å². The Bertz CT molecular complexity index is 1090. The van der Waals surface area contributed by atoms with Crippen LogP contribution in [-0.4, -0.2) is 50.5 Å². The van der Waals surface area contributed by atoms with Gasteiger partial charge in [0.1, 0.15) is 18.4 Å². The summed E-state index contributed by atoms with van der Waals surface area (Å²) in [6.07, 6.45) is 1.31. The van der Waals surface area contributed by atoms with Gasteiger partial charge in [-0.05, 0) is 55.7 Å². The first kappa shape index (κ1) is 26.6. The average molecular weight is 498 g/mol. The van der Waals surface area contributed by atoms with Gasteiger partial charge in [0.2, 0.25) is 21.8 Å². The fourth-order valence-electron chi connectivity index (χ4n) is 3.35. The molecule has 7 nitrogen and oxygen atoms in total. The lowest BCUT2D eigenvalue weighted by Crippen LogP contribution is -2.52. The molecule has 2 aromatic carbocycles. The summed E-state index contributed by atoms with van der Waals surface area (Å²) in [6, 6.07) is 9.47. The normalized spacial score (nSPS) is 12.2. The molecule has 1 atom stereocenters. The Labute approximate surface area is 199 Å². The summed E-state index contributed by atoms with van der Waals surface area (Å²) < 4.78 is 39.4. The van der Waals surface area contributed by atoms with E-state index in [0.717, 1.165) is 16.1 Å². The molecule has 2 amide bonds. The molecule has 1 N–H and O–H groups in total. The third-order valence-corrected chi connectivity index (χ3v) is 6.67. The number of nitrogens with one attached hydrogen (secondary N) is 1. The number of amides is 2. The van der Waals surface area contributed by atoms with Crippen LogP contribution in [0.25, 0.3) is 0 Å². The average Bonchev–Trinajstić information content (AvgIpc) is 2.74. The summed E-state index contributed by atoms with van der Waals surface area (Å²) in [4.78, 5) is 27.4. The molecule has 0 saturated heterocycles. The molecule has 0 unspecified atom stereocenters. The summed E-state index contributed by atoms with van der Waals surface area (Å²) in [5.41, 5.74) is 1.62. The highest BCUT2D eigenvalue weighted by molar-refractivity contribution is 7.92. The maximum atomic E-state index is 13.4. The van der Waals surface area contributed by atoms with E-state index in [0.29, 0.717) is 23.6 Å². The molecular formula is C23H29ClFN3O4S. The molecule has 0 aliphatic carbocycles. The zero-order valence-electron chi connectivity index (χ0n) is 19.1. The molecule has 0 heterocycles. The van der Waals surface area contributed by atoms with E-state index < -0.39 is 34.3 Å². The lowest BCUT2D eigenvalue weighted by Gasteiger charge is -2.32. The van der Waals surface area contributed by atoms with Crippen LogP contribution in [0, 0.1) is 12.7 Å². The standard InChI is InChI=1S/C23H29ClFN3O4S/c1-5-21(23(30)26-6-2)27(14-17-8-10-18(25)11-9-17)22(29)15-28(33(4,31)32)19-12-7-16(3)20(24)13-19/h7-13,21H,5-6,14-15H2,1-4H3,(H,26,30)/t21-/m1/s1. The van der Waals surface area contributed by atoms with E-state index in [1.807, 2.05) is 0 Å². The van der Waals surface area contributed by atoms with Gasteiger partial charge in [-0.15, -0.1) is 0 Å². The molecule has 0 aliphatic rings. The van der Waals surface area contributed by atoms with Gasteiger partial charge < -0.3 is 10.2 Å². The van der Waals surface area contributed by atoms with Gasteiger partial charge in [0.25, 0.3) is 0 Å². The van der Waals surface area contributed by atoms with Crippen molar-refractivity contribution in [2.75, 3.05) is 23.7 Å². The summed E-state index contributed by atoms with van der Waals surface area (Å²) >= 11 is 6.18. The van der Waals surface area contributed by atoms with E-state index in [1.54, 1.807) is 32.9 Å². The highest BCUT2D eigenvalue weighted by Gasteiger charge is 2.31. The van der Waals surface area contributed by atoms with Gasteiger partial charge in [0.05, 0.1) is 11.9 Å². The smallest absolute Gasteiger partial charge is 0.244 e. The summed E-state index contributed by atoms with van der Waals surface area (Å²) in [5, 5.41) is 3.08. The van der Waals surface area contributed by atoms with E-state index in [1.165, 1.54) is 35.2 Å². The number of aryl methyl sites for hydroxylation is 1. The number of hydrogen-bond donors (Lipinski definition) is 1. The Morgan fingerprint density at radius 1 is 1.12 bits per heavy atom. The van der Waals surface area contributed by atoms with Crippen molar-refractivity contribution in [2.24, 2.45) is 0 Å². The quantitative estimate of drug-likeness (QED) is 0.544. The van der Waals surface area contributed by atoms with E-state index in [4.69, 9.17) is 11.6 Å². The largest absolute Gasteiger partial charge is 0.355 e. The summed E-state index contributed by atoms with van der Waals surface area (Å²) in [6.45, 7) is 5.19. The number of carbonyl (C=O) groups is 2. The Balaban J connectivity index is 2.44. The minimum atomic E-state index is -3.84. The monoisotopic (exact) mass is 497 g/mol. The number of benzene rings is 2. The van der Waals surface area contributed by atoms with Crippen molar-refractivity contribution in [3.63, 3.8) is 0 Å². The molecule has 0 aliphatic heterocycles. The number of sulfonamides is 1. The van der Waals surface area contributed by atoms with Crippen molar-refractivity contribution in [1.82, 2.24) is 10.2 Å². The Morgan fingerprint density at radius 3 is 2.27 bits per heavy atom. The Hall–Kier alpha value is -2.65. The van der Waals surface area contributed by atoms with Crippen LogP contribution in [0.2, 0.25) is 5.02 Å². The van der Waals surface area contributed by atoms with Crippen LogP contribution >= 0.6 is 11.6 Å². The zero-order chi connectivity index (χ0) is 24.8. The van der Waals surface area contributed by atoms with Crippen LogP contribution in [0.5, 0.6) is 0 Å². The SMILES string of the molecule is CCNC(=O)[C@@H](CC)N(Cc1ccc(F)cc1)C(=O)CN(c1ccc(C)c(Cl)c1)S(C)(=O)=O. The number of anilines is 1. The molecule has 33 heavy (non-hydrogen) atoms. The third kappa shape index (κ3) is 7.17. The first-order valence-electron chi connectivity index (χ1n) is 10.5. The Morgan fingerprint density at radius 2 is 1.76 bits per heavy atom. The molecule has 2 rings (SSSR count). The maximum Gasteiger partial charge on any atom is 0.244 e. The van der Waals surface area contributed by atoms with Crippen LogP contribution < -0.4 is 9.62 Å². The number of halogens is 2. The predicted molar refractivity (Wildman–Crippen MR) is 128 cm³/mol. The lowest BCUT2D eigenvalue weighted by molar-refractivity contribution is -0.140. The fraction of sp³-hybridized carbons (Fsp3) is 0.391. The molecular weight excluding hydrogens is 469 g/mol. The molecule has 10 heteroatoms. The number of rotatable bonds is 10. The van der Waals surface area contributed by atoms with E-state index >= 15 is 0 Å². The van der Waals surface area contributed by atoms with Crippen LogP contribution in [0.3, 0.4) is 0 Å². The predicted octanol–water partition coefficient (Wildman–Crippen LogP) is 3.50. The summed E-state index contributed by atoms with van der Waals surface area (Å²) in [5.74, 6) is -1.34. The molecule has 0 spiro atoms. The van der Waals surface area contributed by atoms with E-state index in [9.17, 15) is 22.4 Å².